The summed E-state index contributed by atoms with van der Waals surface area (Å²) in [4.78, 5) is 26.5. The molecule has 2 N–H and O–H groups in total. The molecule has 0 aliphatic carbocycles. The number of carbonyl (C=O) groups excluding carboxylic acids is 2. The first-order valence-corrected chi connectivity index (χ1v) is 7.18. The number of anilines is 1. The monoisotopic (exact) mass is 350 g/mol. The Hall–Kier alpha value is -2.08. The summed E-state index contributed by atoms with van der Waals surface area (Å²) in [5.41, 5.74) is 2.02. The maximum Gasteiger partial charge on any atom is 0.355 e. The molecule has 110 valence electrons. The smallest absolute Gasteiger partial charge is 0.355 e. The SMILES string of the molecule is Cc1ccc(NC(=O)[C@@H](C)OC(=O)c2ccc[nH]2)c(Br)c1. The van der Waals surface area contributed by atoms with Crippen LogP contribution in [0.15, 0.2) is 41.0 Å². The van der Waals surface area contributed by atoms with E-state index in [-0.39, 0.29) is 5.91 Å². The molecular weight excluding hydrogens is 336 g/mol. The molecule has 0 aliphatic heterocycles. The quantitative estimate of drug-likeness (QED) is 0.831. The van der Waals surface area contributed by atoms with Crippen LogP contribution in [0.3, 0.4) is 0 Å². The van der Waals surface area contributed by atoms with E-state index in [1.807, 2.05) is 19.1 Å². The molecule has 1 aromatic carbocycles. The van der Waals surface area contributed by atoms with E-state index in [1.54, 1.807) is 24.4 Å². The van der Waals surface area contributed by atoms with Crippen molar-refractivity contribution in [3.63, 3.8) is 0 Å². The summed E-state index contributed by atoms with van der Waals surface area (Å²) in [6.07, 6.45) is 0.721. The minimum atomic E-state index is -0.894. The van der Waals surface area contributed by atoms with Crippen molar-refractivity contribution in [2.45, 2.75) is 20.0 Å². The zero-order chi connectivity index (χ0) is 15.4. The Kier molecular flexibility index (Phi) is 4.80. The third kappa shape index (κ3) is 3.95. The molecule has 21 heavy (non-hydrogen) atoms. The fraction of sp³-hybridized carbons (Fsp3) is 0.200. The van der Waals surface area contributed by atoms with Gasteiger partial charge >= 0.3 is 5.97 Å². The predicted octanol–water partition coefficient (Wildman–Crippen LogP) is 3.27. The first kappa shape index (κ1) is 15.3. The highest BCUT2D eigenvalue weighted by Gasteiger charge is 2.20. The van der Waals surface area contributed by atoms with Gasteiger partial charge in [-0.2, -0.15) is 0 Å². The zero-order valence-electron chi connectivity index (χ0n) is 11.6. The third-order valence-corrected chi connectivity index (χ3v) is 3.51. The second-order valence-electron chi connectivity index (χ2n) is 4.60. The molecule has 0 bridgehead atoms. The van der Waals surface area contributed by atoms with Crippen molar-refractivity contribution in [3.05, 3.63) is 52.3 Å². The van der Waals surface area contributed by atoms with Gasteiger partial charge in [-0.3, -0.25) is 4.79 Å². The highest BCUT2D eigenvalue weighted by Crippen LogP contribution is 2.23. The van der Waals surface area contributed by atoms with Gasteiger partial charge in [0.25, 0.3) is 5.91 Å². The first-order valence-electron chi connectivity index (χ1n) is 6.39. The lowest BCUT2D eigenvalue weighted by molar-refractivity contribution is -0.123. The van der Waals surface area contributed by atoms with Crippen LogP contribution in [0.1, 0.15) is 23.0 Å². The molecule has 0 saturated heterocycles. The number of rotatable bonds is 4. The maximum atomic E-state index is 12.0. The van der Waals surface area contributed by atoms with Crippen LogP contribution in [0.2, 0.25) is 0 Å². The lowest BCUT2D eigenvalue weighted by Crippen LogP contribution is -2.30. The number of esters is 1. The normalized spacial score (nSPS) is 11.8. The number of aryl methyl sites for hydroxylation is 1. The number of hydrogen-bond acceptors (Lipinski definition) is 3. The largest absolute Gasteiger partial charge is 0.448 e. The molecule has 1 atom stereocenters. The molecule has 5 nitrogen and oxygen atoms in total. The fourth-order valence-corrected chi connectivity index (χ4v) is 2.28. The lowest BCUT2D eigenvalue weighted by Gasteiger charge is -2.14. The number of ether oxygens (including phenoxy) is 1. The van der Waals surface area contributed by atoms with Crippen molar-refractivity contribution in [3.8, 4) is 0 Å². The minimum absolute atomic E-state index is 0.311. The van der Waals surface area contributed by atoms with Gasteiger partial charge in [-0.1, -0.05) is 6.07 Å². The molecule has 1 amide bonds. The van der Waals surface area contributed by atoms with Crippen molar-refractivity contribution < 1.29 is 14.3 Å². The second-order valence-corrected chi connectivity index (χ2v) is 5.46. The number of aromatic nitrogens is 1. The maximum absolute atomic E-state index is 12.0. The van der Waals surface area contributed by atoms with E-state index in [0.29, 0.717) is 11.4 Å². The van der Waals surface area contributed by atoms with E-state index >= 15 is 0 Å². The molecule has 1 aromatic heterocycles. The minimum Gasteiger partial charge on any atom is -0.448 e. The summed E-state index contributed by atoms with van der Waals surface area (Å²) in [6.45, 7) is 3.48. The number of halogens is 1. The average Bonchev–Trinajstić information content (AvgIpc) is 2.95. The lowest BCUT2D eigenvalue weighted by atomic mass is 10.2. The van der Waals surface area contributed by atoms with Gasteiger partial charge in [-0.15, -0.1) is 0 Å². The van der Waals surface area contributed by atoms with E-state index in [1.165, 1.54) is 6.92 Å². The molecule has 0 radical (unpaired) electrons. The van der Waals surface area contributed by atoms with Crippen molar-refractivity contribution >= 4 is 33.5 Å². The first-order chi connectivity index (χ1) is 9.97. The van der Waals surface area contributed by atoms with Crippen molar-refractivity contribution in [2.24, 2.45) is 0 Å². The van der Waals surface area contributed by atoms with Gasteiger partial charge in [0, 0.05) is 10.7 Å². The Labute approximate surface area is 130 Å². The van der Waals surface area contributed by atoms with Crippen LogP contribution < -0.4 is 5.32 Å². The number of benzene rings is 1. The second kappa shape index (κ2) is 6.58. The summed E-state index contributed by atoms with van der Waals surface area (Å²) in [5.74, 6) is -0.954. The summed E-state index contributed by atoms with van der Waals surface area (Å²) < 4.78 is 5.87. The number of amides is 1. The standard InChI is InChI=1S/C15H15BrN2O3/c1-9-5-6-12(11(16)8-9)18-14(19)10(2)21-15(20)13-4-3-7-17-13/h3-8,10,17H,1-2H3,(H,18,19)/t10-/m1/s1. The molecule has 2 rings (SSSR count). The molecule has 0 saturated carbocycles. The van der Waals surface area contributed by atoms with Crippen LogP contribution >= 0.6 is 15.9 Å². The van der Waals surface area contributed by atoms with Crippen LogP contribution in [-0.4, -0.2) is 23.0 Å². The summed E-state index contributed by atoms with van der Waals surface area (Å²) >= 11 is 3.38. The molecule has 2 aromatic rings. The van der Waals surface area contributed by atoms with Gasteiger partial charge in [0.05, 0.1) is 5.69 Å². The van der Waals surface area contributed by atoms with Crippen LogP contribution in [0.4, 0.5) is 5.69 Å². The molecule has 0 fully saturated rings. The van der Waals surface area contributed by atoms with E-state index in [9.17, 15) is 9.59 Å². The van der Waals surface area contributed by atoms with Gasteiger partial charge < -0.3 is 15.0 Å². The van der Waals surface area contributed by atoms with Crippen LogP contribution in [0, 0.1) is 6.92 Å². The third-order valence-electron chi connectivity index (χ3n) is 2.85. The van der Waals surface area contributed by atoms with E-state index in [4.69, 9.17) is 4.74 Å². The Bertz CT molecular complexity index is 653. The molecule has 6 heteroatoms. The van der Waals surface area contributed by atoms with Gasteiger partial charge in [0.2, 0.25) is 0 Å². The average molecular weight is 351 g/mol. The molecule has 0 aliphatic rings. The molecule has 0 spiro atoms. The summed E-state index contributed by atoms with van der Waals surface area (Å²) in [5, 5.41) is 2.71. The van der Waals surface area contributed by atoms with Crippen LogP contribution in [-0.2, 0) is 9.53 Å². The van der Waals surface area contributed by atoms with Gasteiger partial charge in [0.15, 0.2) is 6.10 Å². The molecule has 1 heterocycles. The van der Waals surface area contributed by atoms with Gasteiger partial charge in [-0.05, 0) is 59.6 Å². The Morgan fingerprint density at radius 3 is 2.71 bits per heavy atom. The van der Waals surface area contributed by atoms with Crippen molar-refractivity contribution in [1.82, 2.24) is 4.98 Å². The van der Waals surface area contributed by atoms with Crippen molar-refractivity contribution in [2.75, 3.05) is 5.32 Å². The van der Waals surface area contributed by atoms with E-state index < -0.39 is 12.1 Å². The van der Waals surface area contributed by atoms with Crippen LogP contribution in [0.5, 0.6) is 0 Å². The van der Waals surface area contributed by atoms with E-state index in [0.717, 1.165) is 10.0 Å². The van der Waals surface area contributed by atoms with Gasteiger partial charge in [-0.25, -0.2) is 4.79 Å². The molecular formula is C15H15BrN2O3. The van der Waals surface area contributed by atoms with E-state index in [2.05, 4.69) is 26.2 Å². The Balaban J connectivity index is 1.98. The number of H-pyrrole nitrogens is 1. The number of hydrogen-bond donors (Lipinski definition) is 2. The molecule has 0 unspecified atom stereocenters. The predicted molar refractivity (Wildman–Crippen MR) is 83.2 cm³/mol. The number of aromatic amines is 1. The summed E-state index contributed by atoms with van der Waals surface area (Å²) in [7, 11) is 0. The van der Waals surface area contributed by atoms with Gasteiger partial charge in [0.1, 0.15) is 5.69 Å². The van der Waals surface area contributed by atoms with Crippen molar-refractivity contribution in [1.29, 1.82) is 0 Å². The van der Waals surface area contributed by atoms with Crippen LogP contribution in [0.25, 0.3) is 0 Å². The number of nitrogens with one attached hydrogen (secondary N) is 2. The fourth-order valence-electron chi connectivity index (χ4n) is 1.69. The highest BCUT2D eigenvalue weighted by molar-refractivity contribution is 9.10. The summed E-state index contributed by atoms with van der Waals surface area (Å²) in [6, 6.07) is 8.84. The number of carbonyl (C=O) groups is 2. The zero-order valence-corrected chi connectivity index (χ0v) is 13.2. The highest BCUT2D eigenvalue weighted by atomic mass is 79.9. The Morgan fingerprint density at radius 1 is 1.33 bits per heavy atom. The Morgan fingerprint density at radius 2 is 2.10 bits per heavy atom. The topological polar surface area (TPSA) is 71.2 Å².